The van der Waals surface area contributed by atoms with Gasteiger partial charge in [0, 0.05) is 56.3 Å². The molecule has 0 bridgehead atoms. The van der Waals surface area contributed by atoms with Gasteiger partial charge in [-0.3, -0.25) is 14.7 Å². The van der Waals surface area contributed by atoms with Gasteiger partial charge in [0.25, 0.3) is 0 Å². The summed E-state index contributed by atoms with van der Waals surface area (Å²) in [5, 5.41) is 8.53. The van der Waals surface area contributed by atoms with E-state index in [0.717, 1.165) is 38.9 Å². The van der Waals surface area contributed by atoms with E-state index in [4.69, 9.17) is 9.47 Å². The van der Waals surface area contributed by atoms with Crippen molar-refractivity contribution in [3.63, 3.8) is 0 Å². The van der Waals surface area contributed by atoms with Crippen LogP contribution >= 0.6 is 11.3 Å². The molecule has 2 fully saturated rings. The third-order valence-corrected chi connectivity index (χ3v) is 9.94. The number of hydrazone groups is 1. The molecule has 40 heavy (non-hydrogen) atoms. The van der Waals surface area contributed by atoms with Gasteiger partial charge >= 0.3 is 6.03 Å². The number of likely N-dealkylation sites (tertiary alicyclic amines) is 1. The lowest BCUT2D eigenvalue weighted by atomic mass is 9.81. The van der Waals surface area contributed by atoms with Crippen LogP contribution in [-0.4, -0.2) is 89.8 Å². The minimum atomic E-state index is -0.434. The first-order chi connectivity index (χ1) is 19.3. The first-order valence-electron chi connectivity index (χ1n) is 14.0. The molecule has 2 saturated heterocycles. The van der Waals surface area contributed by atoms with E-state index >= 15 is 0 Å². The molecule has 1 aromatic carbocycles. The maximum Gasteiger partial charge on any atom is 0.325 e. The third kappa shape index (κ3) is 4.06. The number of hydrogen-bond acceptors (Lipinski definition) is 7. The molecule has 1 spiro atoms. The minimum absolute atomic E-state index is 0.0277. The maximum absolute atomic E-state index is 13.9. The molecule has 2 aromatic rings. The molecule has 5 heterocycles. The number of benzene rings is 1. The summed E-state index contributed by atoms with van der Waals surface area (Å²) in [7, 11) is 5.21. The zero-order valence-electron chi connectivity index (χ0n) is 23.8. The predicted octanol–water partition coefficient (Wildman–Crippen LogP) is 4.49. The minimum Gasteiger partial charge on any atom is -0.497 e. The Balaban J connectivity index is 1.25. The Morgan fingerprint density at radius 1 is 1.20 bits per heavy atom. The summed E-state index contributed by atoms with van der Waals surface area (Å²) in [6, 6.07) is 7.75. The summed E-state index contributed by atoms with van der Waals surface area (Å²) in [6.45, 7) is 6.50. The lowest BCUT2D eigenvalue weighted by Gasteiger charge is -2.45. The number of allylic oxidation sites excluding steroid dienone is 1. The van der Waals surface area contributed by atoms with Gasteiger partial charge in [0.05, 0.1) is 36.9 Å². The number of hydrogen-bond donors (Lipinski definition) is 0. The van der Waals surface area contributed by atoms with Crippen molar-refractivity contribution in [2.75, 3.05) is 40.9 Å². The number of likely N-dealkylation sites (N-methyl/N-ethyl adjacent to an activating group) is 2. The van der Waals surface area contributed by atoms with Crippen LogP contribution in [0.4, 0.5) is 4.79 Å². The van der Waals surface area contributed by atoms with Gasteiger partial charge in [0.15, 0.2) is 0 Å². The van der Waals surface area contributed by atoms with E-state index in [0.29, 0.717) is 45.4 Å². The van der Waals surface area contributed by atoms with E-state index < -0.39 is 5.54 Å². The predicted molar refractivity (Wildman–Crippen MR) is 155 cm³/mol. The molecule has 2 unspecified atom stereocenters. The van der Waals surface area contributed by atoms with Crippen LogP contribution in [0.15, 0.2) is 46.5 Å². The number of rotatable bonds is 5. The maximum atomic E-state index is 13.9. The van der Waals surface area contributed by atoms with Crippen molar-refractivity contribution in [3.05, 3.63) is 57.4 Å². The molecule has 2 atom stereocenters. The van der Waals surface area contributed by atoms with Crippen molar-refractivity contribution in [3.8, 4) is 11.5 Å². The molecule has 3 amide bonds. The Hall–Kier alpha value is -3.53. The van der Waals surface area contributed by atoms with Crippen LogP contribution in [-0.2, 0) is 11.3 Å². The lowest BCUT2D eigenvalue weighted by molar-refractivity contribution is -0.137. The van der Waals surface area contributed by atoms with Crippen LogP contribution in [0.25, 0.3) is 0 Å². The Morgan fingerprint density at radius 2 is 1.98 bits per heavy atom. The highest BCUT2D eigenvalue weighted by Gasteiger charge is 2.55. The quantitative estimate of drug-likeness (QED) is 0.536. The molecular formula is C30H37N5O4S. The van der Waals surface area contributed by atoms with E-state index in [1.807, 2.05) is 57.3 Å². The molecule has 0 radical (unpaired) electrons. The number of thiophene rings is 1. The molecule has 212 valence electrons. The smallest absolute Gasteiger partial charge is 0.325 e. The van der Waals surface area contributed by atoms with Crippen molar-refractivity contribution >= 4 is 29.0 Å². The van der Waals surface area contributed by atoms with Gasteiger partial charge in [-0.1, -0.05) is 19.1 Å². The standard InChI is InChI=1S/C30H37N5O4S/c1-6-35-29(37)34-18-20-15-21(38-4)16-24(39-5)27(20)19(2)14-26(34)30(35)9-11-33(12-10-30)28(36)23-17-22(31-32(23)3)25-8-7-13-40-25/h7-8,13-16,19,23H,6,9-12,17-18H2,1-5H3. The molecule has 4 aliphatic heterocycles. The monoisotopic (exact) mass is 563 g/mol. The number of carbonyl (C=O) groups excluding carboxylic acids is 2. The molecule has 0 saturated carbocycles. The van der Waals surface area contributed by atoms with Gasteiger partial charge in [0.2, 0.25) is 5.91 Å². The highest BCUT2D eigenvalue weighted by Crippen LogP contribution is 2.49. The zero-order chi connectivity index (χ0) is 28.2. The van der Waals surface area contributed by atoms with Crippen molar-refractivity contribution in [2.45, 2.75) is 57.2 Å². The number of amides is 3. The van der Waals surface area contributed by atoms with E-state index in [1.54, 1.807) is 25.6 Å². The number of ether oxygens (including phenoxy) is 2. The SMILES string of the molecule is CCN1C(=O)N2Cc3cc(OC)cc(OC)c3C(C)C=C2C12CCN(C(=O)C1CC(c3cccs3)=NN1C)CC2. The molecule has 1 aromatic heterocycles. The molecule has 4 aliphatic rings. The second-order valence-electron chi connectivity index (χ2n) is 11.0. The average Bonchev–Trinajstić information content (AvgIpc) is 3.65. The first kappa shape index (κ1) is 26.7. The number of nitrogens with zero attached hydrogens (tertiary/aromatic N) is 5. The Bertz CT molecular complexity index is 1380. The normalized spacial score (nSPS) is 23.6. The fourth-order valence-corrected chi connectivity index (χ4v) is 7.75. The Labute approximate surface area is 239 Å². The van der Waals surface area contributed by atoms with Crippen LogP contribution in [0.5, 0.6) is 11.5 Å². The summed E-state index contributed by atoms with van der Waals surface area (Å²) in [5.74, 6) is 1.66. The van der Waals surface area contributed by atoms with Crippen LogP contribution in [0, 0.1) is 0 Å². The van der Waals surface area contributed by atoms with E-state index in [1.165, 1.54) is 0 Å². The lowest BCUT2D eigenvalue weighted by Crippen LogP contribution is -2.56. The van der Waals surface area contributed by atoms with Gasteiger partial charge < -0.3 is 19.3 Å². The van der Waals surface area contributed by atoms with Crippen molar-refractivity contribution < 1.29 is 19.1 Å². The summed E-state index contributed by atoms with van der Waals surface area (Å²) in [6.07, 6.45) is 4.29. The zero-order valence-corrected chi connectivity index (χ0v) is 24.7. The summed E-state index contributed by atoms with van der Waals surface area (Å²) in [4.78, 5) is 34.6. The second-order valence-corrected chi connectivity index (χ2v) is 12.0. The summed E-state index contributed by atoms with van der Waals surface area (Å²) < 4.78 is 11.3. The average molecular weight is 564 g/mol. The highest BCUT2D eigenvalue weighted by atomic mass is 32.1. The highest BCUT2D eigenvalue weighted by molar-refractivity contribution is 7.12. The van der Waals surface area contributed by atoms with Crippen LogP contribution in [0.2, 0.25) is 0 Å². The molecular weight excluding hydrogens is 526 g/mol. The van der Waals surface area contributed by atoms with Crippen molar-refractivity contribution in [1.82, 2.24) is 19.7 Å². The second kappa shape index (κ2) is 10.1. The molecule has 0 N–H and O–H groups in total. The fraction of sp³-hybridized carbons (Fsp3) is 0.500. The van der Waals surface area contributed by atoms with E-state index in [9.17, 15) is 9.59 Å². The molecule has 0 aliphatic carbocycles. The van der Waals surface area contributed by atoms with Crippen LogP contribution in [0.3, 0.4) is 0 Å². The number of carbonyl (C=O) groups is 2. The topological polar surface area (TPSA) is 77.9 Å². The van der Waals surface area contributed by atoms with Crippen molar-refractivity contribution in [1.29, 1.82) is 0 Å². The molecule has 9 nitrogen and oxygen atoms in total. The van der Waals surface area contributed by atoms with Gasteiger partial charge in [-0.25, -0.2) is 4.79 Å². The first-order valence-corrected chi connectivity index (χ1v) is 14.9. The number of methoxy groups -OCH3 is 2. The van der Waals surface area contributed by atoms with E-state index in [2.05, 4.69) is 24.2 Å². The fourth-order valence-electron chi connectivity index (χ4n) is 7.03. The van der Waals surface area contributed by atoms with Crippen LogP contribution < -0.4 is 9.47 Å². The van der Waals surface area contributed by atoms with Gasteiger partial charge in [0.1, 0.15) is 17.5 Å². The van der Waals surface area contributed by atoms with E-state index in [-0.39, 0.29) is 23.9 Å². The van der Waals surface area contributed by atoms with Gasteiger partial charge in [-0.2, -0.15) is 5.10 Å². The third-order valence-electron chi connectivity index (χ3n) is 9.02. The van der Waals surface area contributed by atoms with Gasteiger partial charge in [-0.05, 0) is 42.8 Å². The summed E-state index contributed by atoms with van der Waals surface area (Å²) in [5.41, 5.74) is 3.72. The largest absolute Gasteiger partial charge is 0.497 e. The Kier molecular flexibility index (Phi) is 6.76. The van der Waals surface area contributed by atoms with Gasteiger partial charge in [-0.15, -0.1) is 11.3 Å². The van der Waals surface area contributed by atoms with Crippen LogP contribution in [0.1, 0.15) is 55.0 Å². The number of fused-ring (bicyclic) bond motifs is 3. The molecule has 10 heteroatoms. The number of piperidine rings is 1. The molecule has 6 rings (SSSR count). The van der Waals surface area contributed by atoms with Crippen molar-refractivity contribution in [2.24, 2.45) is 5.10 Å². The Morgan fingerprint density at radius 3 is 2.62 bits per heavy atom. The summed E-state index contributed by atoms with van der Waals surface area (Å²) >= 11 is 1.65. The number of urea groups is 1.